The number of esters is 1. The van der Waals surface area contributed by atoms with E-state index in [9.17, 15) is 4.79 Å². The van der Waals surface area contributed by atoms with Gasteiger partial charge in [-0.1, -0.05) is 0 Å². The highest BCUT2D eigenvalue weighted by Gasteiger charge is 2.09. The predicted octanol–water partition coefficient (Wildman–Crippen LogP) is 1.50. The Morgan fingerprint density at radius 1 is 1.47 bits per heavy atom. The highest BCUT2D eigenvalue weighted by molar-refractivity contribution is 5.71. The van der Waals surface area contributed by atoms with Crippen molar-refractivity contribution in [3.63, 3.8) is 0 Å². The fraction of sp³-hybridized carbons (Fsp3) is 0.250. The van der Waals surface area contributed by atoms with E-state index in [0.29, 0.717) is 5.82 Å². The normalized spacial score (nSPS) is 10.2. The van der Waals surface area contributed by atoms with Crippen LogP contribution in [0.25, 0.3) is 11.3 Å². The van der Waals surface area contributed by atoms with Crippen LogP contribution in [0, 0.1) is 6.92 Å². The van der Waals surface area contributed by atoms with Gasteiger partial charge >= 0.3 is 5.97 Å². The van der Waals surface area contributed by atoms with Gasteiger partial charge in [-0.25, -0.2) is 9.97 Å². The zero-order valence-corrected chi connectivity index (χ0v) is 9.73. The van der Waals surface area contributed by atoms with Gasteiger partial charge < -0.3 is 9.72 Å². The fourth-order valence-corrected chi connectivity index (χ4v) is 1.54. The largest absolute Gasteiger partial charge is 0.469 e. The van der Waals surface area contributed by atoms with Gasteiger partial charge in [0.15, 0.2) is 0 Å². The molecule has 2 rings (SSSR count). The molecule has 17 heavy (non-hydrogen) atoms. The van der Waals surface area contributed by atoms with Crippen LogP contribution in [-0.2, 0) is 16.0 Å². The molecule has 0 aliphatic heterocycles. The van der Waals surface area contributed by atoms with Crippen molar-refractivity contribution in [1.82, 2.24) is 15.0 Å². The summed E-state index contributed by atoms with van der Waals surface area (Å²) >= 11 is 0. The van der Waals surface area contributed by atoms with E-state index < -0.39 is 0 Å². The lowest BCUT2D eigenvalue weighted by Gasteiger charge is -2.03. The molecule has 2 heterocycles. The van der Waals surface area contributed by atoms with Gasteiger partial charge in [0.1, 0.15) is 12.2 Å². The zero-order chi connectivity index (χ0) is 12.3. The first-order chi connectivity index (χ1) is 8.19. The average molecular weight is 231 g/mol. The highest BCUT2D eigenvalue weighted by atomic mass is 16.5. The molecule has 88 valence electrons. The Labute approximate surface area is 98.9 Å². The molecule has 2 aromatic rings. The minimum atomic E-state index is -0.337. The van der Waals surface area contributed by atoms with Crippen molar-refractivity contribution in [3.8, 4) is 11.3 Å². The molecule has 0 spiro atoms. The molecule has 0 atom stereocenters. The molecular formula is C12H13N3O2. The average Bonchev–Trinajstić information content (AvgIpc) is 2.81. The summed E-state index contributed by atoms with van der Waals surface area (Å²) < 4.78 is 4.60. The summed E-state index contributed by atoms with van der Waals surface area (Å²) in [5, 5.41) is 0. The Hall–Kier alpha value is -2.17. The summed E-state index contributed by atoms with van der Waals surface area (Å²) in [6.45, 7) is 1.87. The van der Waals surface area contributed by atoms with Crippen molar-refractivity contribution in [1.29, 1.82) is 0 Å². The smallest absolute Gasteiger partial charge is 0.313 e. The van der Waals surface area contributed by atoms with Crippen LogP contribution in [0.2, 0.25) is 0 Å². The molecule has 0 aliphatic carbocycles. The number of methoxy groups -OCH3 is 1. The Bertz CT molecular complexity index is 521. The summed E-state index contributed by atoms with van der Waals surface area (Å²) in [5.41, 5.74) is 2.61. The number of rotatable bonds is 3. The van der Waals surface area contributed by atoms with E-state index in [-0.39, 0.29) is 12.4 Å². The van der Waals surface area contributed by atoms with E-state index in [1.165, 1.54) is 7.11 Å². The topological polar surface area (TPSA) is 67.9 Å². The van der Waals surface area contributed by atoms with Crippen molar-refractivity contribution in [2.45, 2.75) is 13.3 Å². The Balaban J connectivity index is 2.33. The number of aryl methyl sites for hydroxylation is 1. The van der Waals surface area contributed by atoms with Crippen LogP contribution >= 0.6 is 0 Å². The monoisotopic (exact) mass is 231 g/mol. The highest BCUT2D eigenvalue weighted by Crippen LogP contribution is 2.16. The standard InChI is InChI=1S/C12H13N3O2/c1-8-5-10(9-3-4-13-7-9)15-11(14-8)6-12(16)17-2/h3-5,7,13H,6H2,1-2H3. The van der Waals surface area contributed by atoms with E-state index in [1.54, 1.807) is 0 Å². The van der Waals surface area contributed by atoms with Crippen LogP contribution in [-0.4, -0.2) is 28.0 Å². The zero-order valence-electron chi connectivity index (χ0n) is 9.73. The van der Waals surface area contributed by atoms with Crippen LogP contribution in [0.15, 0.2) is 24.5 Å². The first-order valence-corrected chi connectivity index (χ1v) is 5.23. The maximum atomic E-state index is 11.2. The number of aromatic nitrogens is 3. The maximum Gasteiger partial charge on any atom is 0.313 e. The van der Waals surface area contributed by atoms with Crippen molar-refractivity contribution in [2.75, 3.05) is 7.11 Å². The third-order valence-electron chi connectivity index (χ3n) is 2.32. The van der Waals surface area contributed by atoms with Gasteiger partial charge in [-0.15, -0.1) is 0 Å². The molecule has 0 saturated carbocycles. The number of hydrogen-bond donors (Lipinski definition) is 1. The van der Waals surface area contributed by atoms with Gasteiger partial charge in [0.05, 0.1) is 12.8 Å². The Kier molecular flexibility index (Phi) is 3.18. The third kappa shape index (κ3) is 2.69. The molecule has 5 nitrogen and oxygen atoms in total. The van der Waals surface area contributed by atoms with E-state index >= 15 is 0 Å². The fourth-order valence-electron chi connectivity index (χ4n) is 1.54. The van der Waals surface area contributed by atoms with Crippen molar-refractivity contribution >= 4 is 5.97 Å². The minimum Gasteiger partial charge on any atom is -0.469 e. The van der Waals surface area contributed by atoms with Crippen LogP contribution in [0.1, 0.15) is 11.5 Å². The Morgan fingerprint density at radius 3 is 2.94 bits per heavy atom. The number of nitrogens with zero attached hydrogens (tertiary/aromatic N) is 2. The molecule has 0 unspecified atom stereocenters. The van der Waals surface area contributed by atoms with Crippen LogP contribution in [0.3, 0.4) is 0 Å². The maximum absolute atomic E-state index is 11.2. The predicted molar refractivity (Wildman–Crippen MR) is 62.3 cm³/mol. The SMILES string of the molecule is COC(=O)Cc1nc(C)cc(-c2cc[nH]c2)n1. The quantitative estimate of drug-likeness (QED) is 0.813. The number of aromatic amines is 1. The summed E-state index contributed by atoms with van der Waals surface area (Å²) in [6.07, 6.45) is 3.77. The molecule has 0 fully saturated rings. The first kappa shape index (κ1) is 11.3. The number of H-pyrrole nitrogens is 1. The summed E-state index contributed by atoms with van der Waals surface area (Å²) in [7, 11) is 1.35. The molecule has 0 amide bonds. The van der Waals surface area contributed by atoms with Crippen molar-refractivity contribution in [3.05, 3.63) is 36.0 Å². The van der Waals surface area contributed by atoms with Crippen LogP contribution in [0.4, 0.5) is 0 Å². The van der Waals surface area contributed by atoms with Gasteiger partial charge in [0, 0.05) is 23.7 Å². The second-order valence-electron chi connectivity index (χ2n) is 3.66. The molecule has 1 N–H and O–H groups in total. The lowest BCUT2D eigenvalue weighted by Crippen LogP contribution is -2.09. The summed E-state index contributed by atoms with van der Waals surface area (Å²) in [4.78, 5) is 22.7. The summed E-state index contributed by atoms with van der Waals surface area (Å²) in [6, 6.07) is 3.80. The van der Waals surface area contributed by atoms with Crippen molar-refractivity contribution in [2.24, 2.45) is 0 Å². The number of carbonyl (C=O) groups excluding carboxylic acids is 1. The number of ether oxygens (including phenoxy) is 1. The molecule has 0 saturated heterocycles. The molecule has 0 bridgehead atoms. The lowest BCUT2D eigenvalue weighted by molar-refractivity contribution is -0.139. The number of hydrogen-bond acceptors (Lipinski definition) is 4. The van der Waals surface area contributed by atoms with E-state index in [0.717, 1.165) is 17.0 Å². The first-order valence-electron chi connectivity index (χ1n) is 5.23. The van der Waals surface area contributed by atoms with Crippen LogP contribution in [0.5, 0.6) is 0 Å². The molecule has 0 aromatic carbocycles. The molecule has 2 aromatic heterocycles. The minimum absolute atomic E-state index is 0.0929. The van der Waals surface area contributed by atoms with E-state index in [2.05, 4.69) is 19.7 Å². The third-order valence-corrected chi connectivity index (χ3v) is 2.32. The van der Waals surface area contributed by atoms with Gasteiger partial charge in [0.25, 0.3) is 0 Å². The van der Waals surface area contributed by atoms with Gasteiger partial charge in [-0.2, -0.15) is 0 Å². The van der Waals surface area contributed by atoms with Gasteiger partial charge in [-0.3, -0.25) is 4.79 Å². The molecule has 0 radical (unpaired) electrons. The van der Waals surface area contributed by atoms with Gasteiger partial charge in [0.2, 0.25) is 0 Å². The lowest BCUT2D eigenvalue weighted by atomic mass is 10.2. The number of nitrogens with one attached hydrogen (secondary N) is 1. The molecular weight excluding hydrogens is 218 g/mol. The van der Waals surface area contributed by atoms with Crippen molar-refractivity contribution < 1.29 is 9.53 Å². The van der Waals surface area contributed by atoms with Gasteiger partial charge in [-0.05, 0) is 19.1 Å². The second kappa shape index (κ2) is 4.78. The number of carbonyl (C=O) groups is 1. The second-order valence-corrected chi connectivity index (χ2v) is 3.66. The van der Waals surface area contributed by atoms with E-state index in [4.69, 9.17) is 0 Å². The summed E-state index contributed by atoms with van der Waals surface area (Å²) in [5.74, 6) is 0.142. The van der Waals surface area contributed by atoms with E-state index in [1.807, 2.05) is 31.5 Å². The Morgan fingerprint density at radius 2 is 2.29 bits per heavy atom. The molecule has 0 aliphatic rings. The van der Waals surface area contributed by atoms with Crippen LogP contribution < -0.4 is 0 Å². The molecule has 5 heteroatoms.